The molecular weight excluding hydrogens is 268 g/mol. The Balaban J connectivity index is 1.64. The zero-order valence-corrected chi connectivity index (χ0v) is 12.6. The zero-order chi connectivity index (χ0) is 14.8. The van der Waals surface area contributed by atoms with E-state index >= 15 is 0 Å². The summed E-state index contributed by atoms with van der Waals surface area (Å²) in [4.78, 5) is 20.3. The average molecular weight is 290 g/mol. The molecule has 1 aromatic carbocycles. The Hall–Kier alpha value is -1.43. The summed E-state index contributed by atoms with van der Waals surface area (Å²) in [5.74, 6) is 0.0202. The minimum absolute atomic E-state index is 0.0909. The third-order valence-electron chi connectivity index (χ3n) is 4.26. The standard InChI is InChI=1S/C16H22N2O3/c1-3-20-16(19)15-13-10-18(11-14(13)21-17(15)2)9-12-7-5-4-6-8-12/h4-8,13-15H,3,9-11H2,1-2H3/t13-,14+,15-/m0/s1. The van der Waals surface area contributed by atoms with Crippen LogP contribution in [-0.4, -0.2) is 54.8 Å². The predicted molar refractivity (Wildman–Crippen MR) is 78.3 cm³/mol. The summed E-state index contributed by atoms with van der Waals surface area (Å²) in [5, 5.41) is 1.67. The highest BCUT2D eigenvalue weighted by Gasteiger charge is 2.50. The minimum Gasteiger partial charge on any atom is -0.465 e. The molecule has 2 aliphatic heterocycles. The number of carbonyl (C=O) groups is 1. The fourth-order valence-corrected chi connectivity index (χ4v) is 3.37. The molecule has 0 unspecified atom stereocenters. The first-order valence-corrected chi connectivity index (χ1v) is 7.51. The number of fused-ring (bicyclic) bond motifs is 1. The highest BCUT2D eigenvalue weighted by Crippen LogP contribution is 2.34. The van der Waals surface area contributed by atoms with Crippen LogP contribution in [0.1, 0.15) is 12.5 Å². The van der Waals surface area contributed by atoms with Gasteiger partial charge in [0.2, 0.25) is 0 Å². The second-order valence-corrected chi connectivity index (χ2v) is 5.73. The molecule has 0 aliphatic carbocycles. The van der Waals surface area contributed by atoms with E-state index in [1.54, 1.807) is 5.06 Å². The van der Waals surface area contributed by atoms with Crippen molar-refractivity contribution in [3.8, 4) is 0 Å². The SMILES string of the molecule is CCOC(=O)[C@@H]1[C@H]2CN(Cc3ccccc3)C[C@H]2ON1C. The third kappa shape index (κ3) is 2.95. The number of likely N-dealkylation sites (tertiary alicyclic amines) is 1. The number of ether oxygens (including phenoxy) is 1. The largest absolute Gasteiger partial charge is 0.465 e. The quantitative estimate of drug-likeness (QED) is 0.782. The predicted octanol–water partition coefficient (Wildman–Crippen LogP) is 1.30. The maximum atomic E-state index is 12.1. The van der Waals surface area contributed by atoms with Crippen molar-refractivity contribution in [1.82, 2.24) is 9.96 Å². The number of rotatable bonds is 4. The second-order valence-electron chi connectivity index (χ2n) is 5.73. The summed E-state index contributed by atoms with van der Waals surface area (Å²) < 4.78 is 5.18. The molecule has 3 rings (SSSR count). The topological polar surface area (TPSA) is 42.0 Å². The molecule has 0 bridgehead atoms. The van der Waals surface area contributed by atoms with E-state index in [1.807, 2.05) is 20.0 Å². The van der Waals surface area contributed by atoms with E-state index in [0.29, 0.717) is 6.61 Å². The Bertz CT molecular complexity index is 494. The molecule has 3 atom stereocenters. The third-order valence-corrected chi connectivity index (χ3v) is 4.26. The Labute approximate surface area is 125 Å². The number of hydroxylamine groups is 2. The van der Waals surface area contributed by atoms with Crippen LogP contribution in [0.15, 0.2) is 30.3 Å². The van der Waals surface area contributed by atoms with Crippen molar-refractivity contribution in [3.05, 3.63) is 35.9 Å². The molecule has 5 heteroatoms. The smallest absolute Gasteiger partial charge is 0.326 e. The first kappa shape index (κ1) is 14.5. The summed E-state index contributed by atoms with van der Waals surface area (Å²) >= 11 is 0. The van der Waals surface area contributed by atoms with E-state index in [-0.39, 0.29) is 24.0 Å². The van der Waals surface area contributed by atoms with Crippen LogP contribution in [0.3, 0.4) is 0 Å². The number of nitrogens with zero attached hydrogens (tertiary/aromatic N) is 2. The van der Waals surface area contributed by atoms with Crippen molar-refractivity contribution >= 4 is 5.97 Å². The molecule has 5 nitrogen and oxygen atoms in total. The number of hydrogen-bond acceptors (Lipinski definition) is 5. The lowest BCUT2D eigenvalue weighted by molar-refractivity contribution is -0.173. The molecule has 2 saturated heterocycles. The van der Waals surface area contributed by atoms with Gasteiger partial charge in [-0.25, -0.2) is 0 Å². The Morgan fingerprint density at radius 2 is 2.10 bits per heavy atom. The second kappa shape index (κ2) is 6.13. The van der Waals surface area contributed by atoms with Gasteiger partial charge in [0.1, 0.15) is 6.04 Å². The van der Waals surface area contributed by atoms with Gasteiger partial charge in [-0.2, -0.15) is 5.06 Å². The van der Waals surface area contributed by atoms with Crippen LogP contribution in [0.2, 0.25) is 0 Å². The van der Waals surface area contributed by atoms with E-state index < -0.39 is 0 Å². The van der Waals surface area contributed by atoms with E-state index in [0.717, 1.165) is 19.6 Å². The van der Waals surface area contributed by atoms with Crippen molar-refractivity contribution in [2.24, 2.45) is 5.92 Å². The van der Waals surface area contributed by atoms with Gasteiger partial charge in [-0.15, -0.1) is 0 Å². The van der Waals surface area contributed by atoms with Crippen molar-refractivity contribution in [2.45, 2.75) is 25.6 Å². The maximum Gasteiger partial charge on any atom is 0.326 e. The minimum atomic E-state index is -0.282. The van der Waals surface area contributed by atoms with Crippen LogP contribution < -0.4 is 0 Å². The van der Waals surface area contributed by atoms with Crippen LogP contribution >= 0.6 is 0 Å². The van der Waals surface area contributed by atoms with Gasteiger partial charge in [0, 0.05) is 32.6 Å². The fraction of sp³-hybridized carbons (Fsp3) is 0.562. The molecule has 21 heavy (non-hydrogen) atoms. The van der Waals surface area contributed by atoms with Gasteiger partial charge in [0.25, 0.3) is 0 Å². The van der Waals surface area contributed by atoms with Gasteiger partial charge in [-0.1, -0.05) is 30.3 Å². The van der Waals surface area contributed by atoms with Gasteiger partial charge in [-0.3, -0.25) is 14.5 Å². The lowest BCUT2D eigenvalue weighted by atomic mass is 9.98. The molecule has 0 aromatic heterocycles. The summed E-state index contributed by atoms with van der Waals surface area (Å²) in [6.45, 7) is 4.87. The highest BCUT2D eigenvalue weighted by molar-refractivity contribution is 5.76. The lowest BCUT2D eigenvalue weighted by Crippen LogP contribution is -2.40. The fourth-order valence-electron chi connectivity index (χ4n) is 3.37. The lowest BCUT2D eigenvalue weighted by Gasteiger charge is -2.23. The molecule has 0 spiro atoms. The number of esters is 1. The van der Waals surface area contributed by atoms with E-state index in [4.69, 9.17) is 9.57 Å². The van der Waals surface area contributed by atoms with Crippen LogP contribution in [0, 0.1) is 5.92 Å². The monoisotopic (exact) mass is 290 g/mol. The summed E-state index contributed by atoms with van der Waals surface area (Å²) in [6, 6.07) is 10.1. The summed E-state index contributed by atoms with van der Waals surface area (Å²) in [5.41, 5.74) is 1.29. The van der Waals surface area contributed by atoms with Crippen LogP contribution in [-0.2, 0) is 20.9 Å². The number of benzene rings is 1. The molecule has 0 radical (unpaired) electrons. The van der Waals surface area contributed by atoms with Gasteiger partial charge >= 0.3 is 5.97 Å². The van der Waals surface area contributed by atoms with Crippen molar-refractivity contribution in [3.63, 3.8) is 0 Å². The van der Waals surface area contributed by atoms with Crippen LogP contribution in [0.4, 0.5) is 0 Å². The number of hydrogen-bond donors (Lipinski definition) is 0. The molecule has 0 amide bonds. The molecule has 1 aromatic rings. The molecule has 114 valence electrons. The maximum absolute atomic E-state index is 12.1. The van der Waals surface area contributed by atoms with E-state index in [2.05, 4.69) is 29.2 Å². The van der Waals surface area contributed by atoms with Crippen molar-refractivity contribution < 1.29 is 14.4 Å². The van der Waals surface area contributed by atoms with Crippen LogP contribution in [0.25, 0.3) is 0 Å². The average Bonchev–Trinajstić information content (AvgIpc) is 2.95. The molecule has 0 N–H and O–H groups in total. The first-order chi connectivity index (χ1) is 10.2. The first-order valence-electron chi connectivity index (χ1n) is 7.51. The molecule has 0 saturated carbocycles. The molecular formula is C16H22N2O3. The van der Waals surface area contributed by atoms with Gasteiger partial charge in [0.05, 0.1) is 12.7 Å². The summed E-state index contributed by atoms with van der Waals surface area (Å²) in [7, 11) is 1.82. The van der Waals surface area contributed by atoms with Gasteiger partial charge < -0.3 is 4.74 Å². The Kier molecular flexibility index (Phi) is 4.24. The normalized spacial score (nSPS) is 29.5. The van der Waals surface area contributed by atoms with E-state index in [9.17, 15) is 4.79 Å². The highest BCUT2D eigenvalue weighted by atomic mass is 16.7. The summed E-state index contributed by atoms with van der Waals surface area (Å²) in [6.07, 6.45) is 0.0909. The number of likely N-dealkylation sites (N-methyl/N-ethyl adjacent to an activating group) is 1. The zero-order valence-electron chi connectivity index (χ0n) is 12.6. The van der Waals surface area contributed by atoms with E-state index in [1.165, 1.54) is 5.56 Å². The molecule has 2 heterocycles. The Morgan fingerprint density at radius 1 is 1.33 bits per heavy atom. The Morgan fingerprint density at radius 3 is 2.81 bits per heavy atom. The van der Waals surface area contributed by atoms with Gasteiger partial charge in [0.15, 0.2) is 0 Å². The van der Waals surface area contributed by atoms with Gasteiger partial charge in [-0.05, 0) is 12.5 Å². The molecule has 2 fully saturated rings. The number of carbonyl (C=O) groups excluding carboxylic acids is 1. The van der Waals surface area contributed by atoms with Crippen molar-refractivity contribution in [1.29, 1.82) is 0 Å². The van der Waals surface area contributed by atoms with Crippen LogP contribution in [0.5, 0.6) is 0 Å². The van der Waals surface area contributed by atoms with Crippen molar-refractivity contribution in [2.75, 3.05) is 26.7 Å². The molecule has 2 aliphatic rings.